The van der Waals surface area contributed by atoms with E-state index in [9.17, 15) is 4.79 Å². The van der Waals surface area contributed by atoms with Crippen LogP contribution in [-0.2, 0) is 0 Å². The highest BCUT2D eigenvalue weighted by Crippen LogP contribution is 2.24. The first-order valence-corrected chi connectivity index (χ1v) is 4.04. The first-order chi connectivity index (χ1) is 5.90. The largest absolute Gasteiger partial charge is 0.345 e. The highest BCUT2D eigenvalue weighted by Gasteiger charge is 2.04. The zero-order valence-electron chi connectivity index (χ0n) is 5.93. The van der Waals surface area contributed by atoms with E-state index in [2.05, 4.69) is 14.9 Å². The lowest BCUT2D eigenvalue weighted by Gasteiger charge is -1.81. The van der Waals surface area contributed by atoms with Crippen LogP contribution in [0.4, 0.5) is 0 Å². The Hall–Kier alpha value is -1.49. The second kappa shape index (κ2) is 2.86. The van der Waals surface area contributed by atoms with Gasteiger partial charge < -0.3 is 4.52 Å². The van der Waals surface area contributed by atoms with Crippen LogP contribution in [0.2, 0.25) is 0 Å². The van der Waals surface area contributed by atoms with Gasteiger partial charge in [-0.25, -0.2) is 0 Å². The van der Waals surface area contributed by atoms with Crippen molar-refractivity contribution in [2.75, 3.05) is 0 Å². The molecule has 0 aromatic carbocycles. The fourth-order valence-electron chi connectivity index (χ4n) is 0.826. The minimum absolute atomic E-state index is 0.660. The minimum Gasteiger partial charge on any atom is -0.345 e. The van der Waals surface area contributed by atoms with E-state index in [4.69, 9.17) is 0 Å². The molecule has 0 aliphatic carbocycles. The molecular weight excluding hydrogens is 176 g/mol. The van der Waals surface area contributed by atoms with Gasteiger partial charge >= 0.3 is 0 Å². The fourth-order valence-corrected chi connectivity index (χ4v) is 1.59. The molecular formula is C7H4N2O2S. The number of aldehydes is 1. The van der Waals surface area contributed by atoms with Crippen molar-refractivity contribution in [3.8, 4) is 10.6 Å². The van der Waals surface area contributed by atoms with Crippen molar-refractivity contribution in [3.63, 3.8) is 0 Å². The SMILES string of the molecule is O=Cc1ccc(-c2conn2)s1. The van der Waals surface area contributed by atoms with E-state index < -0.39 is 0 Å². The minimum atomic E-state index is 0.660. The van der Waals surface area contributed by atoms with Crippen LogP contribution in [0.15, 0.2) is 22.9 Å². The van der Waals surface area contributed by atoms with Crippen LogP contribution >= 0.6 is 11.3 Å². The number of hydrogen-bond acceptors (Lipinski definition) is 5. The molecule has 2 heterocycles. The Bertz CT molecular complexity index is 380. The lowest BCUT2D eigenvalue weighted by molar-refractivity contribution is 0.112. The number of rotatable bonds is 2. The van der Waals surface area contributed by atoms with Gasteiger partial charge in [0.05, 0.1) is 9.75 Å². The Morgan fingerprint density at radius 2 is 2.42 bits per heavy atom. The molecule has 0 radical (unpaired) electrons. The average molecular weight is 180 g/mol. The molecule has 2 aromatic heterocycles. The highest BCUT2D eigenvalue weighted by atomic mass is 32.1. The third kappa shape index (κ3) is 1.14. The molecule has 12 heavy (non-hydrogen) atoms. The fraction of sp³-hybridized carbons (Fsp3) is 0. The van der Waals surface area contributed by atoms with Crippen molar-refractivity contribution in [1.29, 1.82) is 0 Å². The number of carbonyl (C=O) groups is 1. The Balaban J connectivity index is 2.41. The first kappa shape index (κ1) is 7.17. The van der Waals surface area contributed by atoms with Gasteiger partial charge in [0.15, 0.2) is 12.5 Å². The van der Waals surface area contributed by atoms with Crippen molar-refractivity contribution in [3.05, 3.63) is 23.3 Å². The molecule has 0 fully saturated rings. The van der Waals surface area contributed by atoms with Gasteiger partial charge in [-0.15, -0.1) is 16.4 Å². The van der Waals surface area contributed by atoms with Crippen LogP contribution in [-0.4, -0.2) is 16.7 Å². The Morgan fingerprint density at radius 3 is 3.00 bits per heavy atom. The molecule has 2 aromatic rings. The zero-order valence-corrected chi connectivity index (χ0v) is 6.75. The summed E-state index contributed by atoms with van der Waals surface area (Å²) in [5.74, 6) is 0. The van der Waals surface area contributed by atoms with E-state index in [-0.39, 0.29) is 0 Å². The van der Waals surface area contributed by atoms with E-state index in [1.165, 1.54) is 17.6 Å². The summed E-state index contributed by atoms with van der Waals surface area (Å²) in [5, 5.41) is 7.04. The number of aromatic nitrogens is 2. The lowest BCUT2D eigenvalue weighted by Crippen LogP contribution is -1.69. The number of carbonyl (C=O) groups excluding carboxylic acids is 1. The summed E-state index contributed by atoms with van der Waals surface area (Å²) in [7, 11) is 0. The molecule has 0 aliphatic rings. The van der Waals surface area contributed by atoms with Gasteiger partial charge in [0, 0.05) is 5.27 Å². The molecule has 0 atom stereocenters. The van der Waals surface area contributed by atoms with E-state index >= 15 is 0 Å². The molecule has 0 spiro atoms. The smallest absolute Gasteiger partial charge is 0.160 e. The number of thiophene rings is 1. The maximum Gasteiger partial charge on any atom is 0.160 e. The molecule has 60 valence electrons. The van der Waals surface area contributed by atoms with E-state index in [1.54, 1.807) is 6.07 Å². The van der Waals surface area contributed by atoms with Crippen LogP contribution in [0.3, 0.4) is 0 Å². The topological polar surface area (TPSA) is 56.0 Å². The monoisotopic (exact) mass is 180 g/mol. The van der Waals surface area contributed by atoms with E-state index in [0.29, 0.717) is 10.6 Å². The highest BCUT2D eigenvalue weighted by molar-refractivity contribution is 7.17. The van der Waals surface area contributed by atoms with Crippen LogP contribution in [0.25, 0.3) is 10.6 Å². The predicted molar refractivity (Wildman–Crippen MR) is 43.0 cm³/mol. The predicted octanol–water partition coefficient (Wildman–Crippen LogP) is 1.61. The summed E-state index contributed by atoms with van der Waals surface area (Å²) >= 11 is 1.36. The van der Waals surface area contributed by atoms with Gasteiger partial charge in [0.2, 0.25) is 0 Å². The van der Waals surface area contributed by atoms with Gasteiger partial charge in [-0.1, -0.05) is 0 Å². The normalized spacial score (nSPS) is 10.0. The maximum absolute atomic E-state index is 10.3. The molecule has 2 rings (SSSR count). The van der Waals surface area contributed by atoms with Crippen molar-refractivity contribution in [1.82, 2.24) is 10.4 Å². The van der Waals surface area contributed by atoms with Crippen LogP contribution < -0.4 is 0 Å². The average Bonchev–Trinajstić information content (AvgIpc) is 2.75. The van der Waals surface area contributed by atoms with Gasteiger partial charge in [-0.05, 0) is 12.1 Å². The maximum atomic E-state index is 10.3. The summed E-state index contributed by atoms with van der Waals surface area (Å²) < 4.78 is 4.57. The van der Waals surface area contributed by atoms with E-state index in [0.717, 1.165) is 11.2 Å². The Labute approximate surface area is 71.8 Å². The number of hydrogen-bond donors (Lipinski definition) is 0. The van der Waals surface area contributed by atoms with Gasteiger partial charge in [-0.2, -0.15) is 0 Å². The second-order valence-electron chi connectivity index (χ2n) is 2.11. The summed E-state index contributed by atoms with van der Waals surface area (Å²) in [6, 6.07) is 3.55. The first-order valence-electron chi connectivity index (χ1n) is 3.22. The lowest BCUT2D eigenvalue weighted by atomic mass is 10.4. The molecule has 0 saturated heterocycles. The molecule has 5 heteroatoms. The summed E-state index contributed by atoms with van der Waals surface area (Å²) in [4.78, 5) is 11.9. The number of nitrogens with zero attached hydrogens (tertiary/aromatic N) is 2. The van der Waals surface area contributed by atoms with Gasteiger partial charge in [0.1, 0.15) is 5.69 Å². The van der Waals surface area contributed by atoms with Crippen LogP contribution in [0.5, 0.6) is 0 Å². The van der Waals surface area contributed by atoms with Crippen molar-refractivity contribution < 1.29 is 9.32 Å². The van der Waals surface area contributed by atoms with E-state index in [1.807, 2.05) is 6.07 Å². The molecule has 0 unspecified atom stereocenters. The van der Waals surface area contributed by atoms with Gasteiger partial charge in [0.25, 0.3) is 0 Å². The van der Waals surface area contributed by atoms with Crippen LogP contribution in [0.1, 0.15) is 9.67 Å². The van der Waals surface area contributed by atoms with Crippen molar-refractivity contribution >= 4 is 17.6 Å². The Kier molecular flexibility index (Phi) is 1.71. The molecule has 0 amide bonds. The molecule has 0 N–H and O–H groups in total. The summed E-state index contributed by atoms with van der Waals surface area (Å²) in [6.07, 6.45) is 2.25. The van der Waals surface area contributed by atoms with Crippen LogP contribution in [0, 0.1) is 0 Å². The molecule has 0 bridgehead atoms. The van der Waals surface area contributed by atoms with Crippen molar-refractivity contribution in [2.45, 2.75) is 0 Å². The van der Waals surface area contributed by atoms with Gasteiger partial charge in [-0.3, -0.25) is 4.79 Å². The Morgan fingerprint density at radius 1 is 1.50 bits per heavy atom. The third-order valence-corrected chi connectivity index (χ3v) is 2.39. The zero-order chi connectivity index (χ0) is 8.39. The third-order valence-electron chi connectivity index (χ3n) is 1.36. The van der Waals surface area contributed by atoms with Crippen molar-refractivity contribution in [2.24, 2.45) is 0 Å². The standard InChI is InChI=1S/C7H4N2O2S/c10-3-5-1-2-7(12-5)6-4-11-9-8-6/h1-4H. The quantitative estimate of drug-likeness (QED) is 0.659. The molecule has 0 saturated carbocycles. The summed E-state index contributed by atoms with van der Waals surface area (Å²) in [6.45, 7) is 0. The second-order valence-corrected chi connectivity index (χ2v) is 3.23. The summed E-state index contributed by atoms with van der Waals surface area (Å²) in [5.41, 5.74) is 0.660. The molecule has 0 aliphatic heterocycles. The molecule has 4 nitrogen and oxygen atoms in total.